The van der Waals surface area contributed by atoms with E-state index in [9.17, 15) is 4.79 Å². The van der Waals surface area contributed by atoms with Gasteiger partial charge in [0, 0.05) is 17.1 Å². The first-order valence-corrected chi connectivity index (χ1v) is 7.49. The third-order valence-electron chi connectivity index (χ3n) is 2.68. The number of aryl methyl sites for hydroxylation is 1. The Labute approximate surface area is 139 Å². The van der Waals surface area contributed by atoms with E-state index < -0.39 is 0 Å². The van der Waals surface area contributed by atoms with Gasteiger partial charge in [0.2, 0.25) is 0 Å². The molecule has 0 aliphatic heterocycles. The maximum absolute atomic E-state index is 12.1. The molecule has 2 N–H and O–H groups in total. The predicted octanol–water partition coefficient (Wildman–Crippen LogP) is 3.97. The van der Waals surface area contributed by atoms with Gasteiger partial charge >= 0.3 is 0 Å². The van der Waals surface area contributed by atoms with Crippen LogP contribution in [0.15, 0.2) is 24.3 Å². The van der Waals surface area contributed by atoms with Crippen molar-refractivity contribution in [2.24, 2.45) is 0 Å². The Morgan fingerprint density at radius 3 is 2.55 bits per heavy atom. The van der Waals surface area contributed by atoms with E-state index in [1.54, 1.807) is 31.2 Å². The molecule has 1 amide bonds. The number of halogens is 2. The van der Waals surface area contributed by atoms with Crippen LogP contribution in [0.5, 0.6) is 0 Å². The molecule has 0 saturated heterocycles. The Bertz CT molecular complexity index is 704. The summed E-state index contributed by atoms with van der Waals surface area (Å²) in [7, 11) is 0. The molecule has 116 valence electrons. The van der Waals surface area contributed by atoms with Gasteiger partial charge in [0.25, 0.3) is 5.91 Å². The number of hydrogen-bond acceptors (Lipinski definition) is 4. The monoisotopic (exact) mass is 338 g/mol. The van der Waals surface area contributed by atoms with Crippen LogP contribution < -0.4 is 10.6 Å². The molecule has 5 nitrogen and oxygen atoms in total. The maximum Gasteiger partial charge on any atom is 0.270 e. The molecule has 0 radical (unpaired) electrons. The van der Waals surface area contributed by atoms with Gasteiger partial charge in [-0.25, -0.2) is 9.97 Å². The van der Waals surface area contributed by atoms with E-state index in [1.165, 1.54) is 0 Å². The summed E-state index contributed by atoms with van der Waals surface area (Å²) >= 11 is 12.0. The topological polar surface area (TPSA) is 66.9 Å². The predicted molar refractivity (Wildman–Crippen MR) is 89.1 cm³/mol. The SMILES string of the molecule is Cc1nc(Nc2ccc(Cl)cc2Cl)cc(C(=O)NC(C)C)n1. The number of carbonyl (C=O) groups excluding carboxylic acids is 1. The van der Waals surface area contributed by atoms with Crippen molar-refractivity contribution >= 4 is 40.6 Å². The first-order chi connectivity index (χ1) is 10.3. The van der Waals surface area contributed by atoms with Crippen LogP contribution in [0.2, 0.25) is 10.0 Å². The van der Waals surface area contributed by atoms with E-state index in [1.807, 2.05) is 13.8 Å². The molecule has 22 heavy (non-hydrogen) atoms. The molecular weight excluding hydrogens is 323 g/mol. The lowest BCUT2D eigenvalue weighted by molar-refractivity contribution is 0.0937. The van der Waals surface area contributed by atoms with Crippen molar-refractivity contribution in [1.29, 1.82) is 0 Å². The number of hydrogen-bond donors (Lipinski definition) is 2. The lowest BCUT2D eigenvalue weighted by Crippen LogP contribution is -2.31. The van der Waals surface area contributed by atoms with Crippen molar-refractivity contribution in [3.63, 3.8) is 0 Å². The highest BCUT2D eigenvalue weighted by molar-refractivity contribution is 6.36. The summed E-state index contributed by atoms with van der Waals surface area (Å²) in [5.74, 6) is 0.736. The number of nitrogens with one attached hydrogen (secondary N) is 2. The maximum atomic E-state index is 12.1. The largest absolute Gasteiger partial charge is 0.349 e. The van der Waals surface area contributed by atoms with Crippen LogP contribution in [0.25, 0.3) is 0 Å². The molecule has 2 aromatic rings. The van der Waals surface area contributed by atoms with Crippen LogP contribution >= 0.6 is 23.2 Å². The number of rotatable bonds is 4. The first kappa shape index (κ1) is 16.5. The van der Waals surface area contributed by atoms with E-state index in [0.717, 1.165) is 0 Å². The fraction of sp³-hybridized carbons (Fsp3) is 0.267. The third kappa shape index (κ3) is 4.32. The van der Waals surface area contributed by atoms with Crippen LogP contribution in [0, 0.1) is 6.92 Å². The molecule has 0 unspecified atom stereocenters. The van der Waals surface area contributed by atoms with Crippen LogP contribution in [-0.4, -0.2) is 21.9 Å². The van der Waals surface area contributed by atoms with E-state index in [-0.39, 0.29) is 11.9 Å². The van der Waals surface area contributed by atoms with E-state index in [0.29, 0.717) is 33.1 Å². The molecule has 1 heterocycles. The molecule has 7 heteroatoms. The first-order valence-electron chi connectivity index (χ1n) is 6.74. The molecular formula is C15H16Cl2N4O. The molecule has 0 fully saturated rings. The zero-order valence-corrected chi connectivity index (χ0v) is 14.0. The van der Waals surface area contributed by atoms with Crippen molar-refractivity contribution in [3.05, 3.63) is 45.8 Å². The zero-order chi connectivity index (χ0) is 16.3. The van der Waals surface area contributed by atoms with Crippen molar-refractivity contribution < 1.29 is 4.79 Å². The minimum absolute atomic E-state index is 0.0323. The van der Waals surface area contributed by atoms with Gasteiger partial charge in [-0.15, -0.1) is 0 Å². The summed E-state index contributed by atoms with van der Waals surface area (Å²) in [5.41, 5.74) is 0.952. The second kappa shape index (κ2) is 6.94. The summed E-state index contributed by atoms with van der Waals surface area (Å²) < 4.78 is 0. The Morgan fingerprint density at radius 1 is 1.18 bits per heavy atom. The summed E-state index contributed by atoms with van der Waals surface area (Å²) in [6, 6.07) is 6.71. The van der Waals surface area contributed by atoms with Crippen molar-refractivity contribution in [1.82, 2.24) is 15.3 Å². The molecule has 0 atom stereocenters. The van der Waals surface area contributed by atoms with Crippen molar-refractivity contribution in [3.8, 4) is 0 Å². The lowest BCUT2D eigenvalue weighted by atomic mass is 10.3. The minimum atomic E-state index is -0.245. The van der Waals surface area contributed by atoms with Gasteiger partial charge in [-0.3, -0.25) is 4.79 Å². The van der Waals surface area contributed by atoms with Gasteiger partial charge in [0.15, 0.2) is 0 Å². The molecule has 0 aliphatic rings. The van der Waals surface area contributed by atoms with Crippen LogP contribution in [-0.2, 0) is 0 Å². The molecule has 0 spiro atoms. The molecule has 2 rings (SSSR count). The summed E-state index contributed by atoms with van der Waals surface area (Å²) in [5, 5.41) is 6.88. The van der Waals surface area contributed by atoms with Gasteiger partial charge in [-0.1, -0.05) is 23.2 Å². The number of carbonyl (C=O) groups is 1. The summed E-state index contributed by atoms with van der Waals surface area (Å²) in [6.07, 6.45) is 0. The van der Waals surface area contributed by atoms with Gasteiger partial charge in [0.05, 0.1) is 10.7 Å². The fourth-order valence-corrected chi connectivity index (χ4v) is 2.27. The van der Waals surface area contributed by atoms with Gasteiger partial charge in [-0.05, 0) is 39.0 Å². The Morgan fingerprint density at radius 2 is 1.91 bits per heavy atom. The summed E-state index contributed by atoms with van der Waals surface area (Å²) in [4.78, 5) is 20.5. The third-order valence-corrected chi connectivity index (χ3v) is 3.23. The molecule has 1 aromatic carbocycles. The molecule has 0 aliphatic carbocycles. The van der Waals surface area contributed by atoms with Crippen molar-refractivity contribution in [2.45, 2.75) is 26.8 Å². The molecule has 1 aromatic heterocycles. The number of anilines is 2. The Hall–Kier alpha value is -1.85. The zero-order valence-electron chi connectivity index (χ0n) is 12.4. The van der Waals surface area contributed by atoms with Gasteiger partial charge in [-0.2, -0.15) is 0 Å². The van der Waals surface area contributed by atoms with E-state index >= 15 is 0 Å². The second-order valence-electron chi connectivity index (χ2n) is 5.06. The van der Waals surface area contributed by atoms with Gasteiger partial charge < -0.3 is 10.6 Å². The summed E-state index contributed by atoms with van der Waals surface area (Å²) in [6.45, 7) is 5.50. The Balaban J connectivity index is 2.28. The van der Waals surface area contributed by atoms with Gasteiger partial charge in [0.1, 0.15) is 17.3 Å². The average Bonchev–Trinajstić information content (AvgIpc) is 2.40. The van der Waals surface area contributed by atoms with E-state index in [2.05, 4.69) is 20.6 Å². The van der Waals surface area contributed by atoms with Crippen molar-refractivity contribution in [2.75, 3.05) is 5.32 Å². The van der Waals surface area contributed by atoms with Crippen LogP contribution in [0.3, 0.4) is 0 Å². The quantitative estimate of drug-likeness (QED) is 0.884. The second-order valence-corrected chi connectivity index (χ2v) is 5.91. The highest BCUT2D eigenvalue weighted by Crippen LogP contribution is 2.27. The standard InChI is InChI=1S/C15H16Cl2N4O/c1-8(2)18-15(22)13-7-14(20-9(3)19-13)21-12-5-4-10(16)6-11(12)17/h4-8H,1-3H3,(H,18,22)(H,19,20,21). The highest BCUT2D eigenvalue weighted by Gasteiger charge is 2.12. The molecule has 0 bridgehead atoms. The minimum Gasteiger partial charge on any atom is -0.349 e. The van der Waals surface area contributed by atoms with Crippen LogP contribution in [0.4, 0.5) is 11.5 Å². The smallest absolute Gasteiger partial charge is 0.270 e. The number of aromatic nitrogens is 2. The average molecular weight is 339 g/mol. The number of nitrogens with zero attached hydrogens (tertiary/aromatic N) is 2. The van der Waals surface area contributed by atoms with Crippen LogP contribution in [0.1, 0.15) is 30.2 Å². The lowest BCUT2D eigenvalue weighted by Gasteiger charge is -2.11. The highest BCUT2D eigenvalue weighted by atomic mass is 35.5. The molecule has 0 saturated carbocycles. The number of amides is 1. The fourth-order valence-electron chi connectivity index (χ4n) is 1.81. The normalized spacial score (nSPS) is 10.6. The number of benzene rings is 1. The Kier molecular flexibility index (Phi) is 5.21. The van der Waals surface area contributed by atoms with E-state index in [4.69, 9.17) is 23.2 Å².